The number of aromatic nitrogens is 1. The molecule has 1 aromatic heterocycles. The fourth-order valence-corrected chi connectivity index (χ4v) is 0.868. The molecule has 11 heavy (non-hydrogen) atoms. The van der Waals surface area contributed by atoms with E-state index in [9.17, 15) is 0 Å². The molecule has 0 spiro atoms. The highest BCUT2D eigenvalue weighted by molar-refractivity contribution is 6.63. The van der Waals surface area contributed by atoms with Crippen LogP contribution < -0.4 is 5.46 Å². The molecule has 1 rings (SSSR count). The molecule has 0 bridgehead atoms. The van der Waals surface area contributed by atoms with Crippen LogP contribution >= 0.6 is 11.9 Å². The van der Waals surface area contributed by atoms with Gasteiger partial charge in [0.05, 0.1) is 0 Å². The normalized spacial score (nSPS) is 9.73. The summed E-state index contributed by atoms with van der Waals surface area (Å²) < 4.78 is 4.18. The second kappa shape index (κ2) is 3.71. The van der Waals surface area contributed by atoms with Gasteiger partial charge in [0, 0.05) is 29.7 Å². The molecule has 0 atom stereocenters. The number of hydrogen-bond donors (Lipinski definition) is 1. The predicted octanol–water partition coefficient (Wildman–Crippen LogP) is 0.248. The smallest absolute Gasteiger partial charge is 0.422 e. The van der Waals surface area contributed by atoms with Gasteiger partial charge in [0.15, 0.2) is 0 Å². The van der Waals surface area contributed by atoms with Crippen molar-refractivity contribution in [3.63, 3.8) is 0 Å². The van der Waals surface area contributed by atoms with Gasteiger partial charge in [-0.15, -0.1) is 0 Å². The van der Waals surface area contributed by atoms with E-state index in [-0.39, 0.29) is 0 Å². The Morgan fingerprint density at radius 2 is 2.36 bits per heavy atom. The maximum absolute atomic E-state index is 9.06. The van der Waals surface area contributed by atoms with E-state index in [2.05, 4.69) is 9.19 Å². The van der Waals surface area contributed by atoms with Gasteiger partial charge in [0.2, 0.25) is 0 Å². The summed E-state index contributed by atoms with van der Waals surface area (Å²) in [6.45, 7) is 1.87. The quantitative estimate of drug-likeness (QED) is 0.649. The number of hydrogen-bond acceptors (Lipinski definition) is 3. The maximum Gasteiger partial charge on any atom is 0.509 e. The number of halogens is 1. The van der Waals surface area contributed by atoms with Crippen LogP contribution in [0.25, 0.3) is 0 Å². The Morgan fingerprint density at radius 3 is 2.91 bits per heavy atom. The minimum absolute atomic E-state index is 0.556. The molecule has 0 unspecified atom stereocenters. The first kappa shape index (κ1) is 8.52. The molecule has 1 heterocycles. The van der Waals surface area contributed by atoms with Crippen LogP contribution in [-0.4, -0.2) is 17.1 Å². The van der Waals surface area contributed by atoms with E-state index >= 15 is 0 Å². The van der Waals surface area contributed by atoms with E-state index in [1.54, 1.807) is 12.3 Å². The average molecular weight is 171 g/mol. The van der Waals surface area contributed by atoms with Crippen molar-refractivity contribution in [2.75, 3.05) is 0 Å². The average Bonchev–Trinajstić information content (AvgIpc) is 2.03. The van der Waals surface area contributed by atoms with Crippen molar-refractivity contribution >= 4 is 24.4 Å². The molecule has 0 aliphatic carbocycles. The van der Waals surface area contributed by atoms with Crippen molar-refractivity contribution in [3.05, 3.63) is 24.0 Å². The third kappa shape index (κ3) is 2.18. The molecule has 5 heteroatoms. The number of aryl methyl sites for hydroxylation is 1. The van der Waals surface area contributed by atoms with Gasteiger partial charge in [-0.2, -0.15) is 0 Å². The van der Waals surface area contributed by atoms with Crippen molar-refractivity contribution in [2.24, 2.45) is 0 Å². The first-order chi connectivity index (χ1) is 5.24. The van der Waals surface area contributed by atoms with Crippen LogP contribution in [0.15, 0.2) is 18.5 Å². The van der Waals surface area contributed by atoms with E-state index < -0.39 is 7.12 Å². The molecule has 3 nitrogen and oxygen atoms in total. The third-order valence-electron chi connectivity index (χ3n) is 1.27. The summed E-state index contributed by atoms with van der Waals surface area (Å²) in [6, 6.07) is 1.75. The topological polar surface area (TPSA) is 42.4 Å². The fourth-order valence-electron chi connectivity index (χ4n) is 0.765. The van der Waals surface area contributed by atoms with Crippen LogP contribution in [0.5, 0.6) is 0 Å². The molecule has 1 N–H and O–H groups in total. The zero-order chi connectivity index (χ0) is 8.27. The van der Waals surface area contributed by atoms with Crippen molar-refractivity contribution in [3.8, 4) is 0 Å². The highest BCUT2D eigenvalue weighted by atomic mass is 35.5. The highest BCUT2D eigenvalue weighted by Crippen LogP contribution is 1.92. The molecule has 0 aromatic carbocycles. The van der Waals surface area contributed by atoms with Crippen molar-refractivity contribution < 1.29 is 9.23 Å². The molecule has 0 fully saturated rings. The first-order valence-electron chi connectivity index (χ1n) is 3.11. The fraction of sp³-hybridized carbons (Fsp3) is 0.167. The largest absolute Gasteiger partial charge is 0.509 e. The summed E-state index contributed by atoms with van der Waals surface area (Å²) in [4.78, 5) is 3.85. The lowest BCUT2D eigenvalue weighted by Gasteiger charge is -2.00. The van der Waals surface area contributed by atoms with Gasteiger partial charge >= 0.3 is 7.12 Å². The molecule has 0 aliphatic heterocycles. The minimum Gasteiger partial charge on any atom is -0.422 e. The van der Waals surface area contributed by atoms with Gasteiger partial charge in [-0.25, -0.2) is 0 Å². The summed E-state index contributed by atoms with van der Waals surface area (Å²) >= 11 is 4.96. The van der Waals surface area contributed by atoms with Gasteiger partial charge in [-0.1, -0.05) is 6.07 Å². The van der Waals surface area contributed by atoms with Crippen LogP contribution in [0.1, 0.15) is 5.56 Å². The maximum atomic E-state index is 9.06. The Balaban J connectivity index is 2.86. The SMILES string of the molecule is Cc1cncc(B(O)OCl)c1. The lowest BCUT2D eigenvalue weighted by atomic mass is 9.81. The Bertz CT molecular complexity index is 246. The van der Waals surface area contributed by atoms with Gasteiger partial charge in [0.1, 0.15) is 0 Å². The number of rotatable bonds is 2. The molecule has 0 radical (unpaired) electrons. The van der Waals surface area contributed by atoms with E-state index in [4.69, 9.17) is 16.9 Å². The van der Waals surface area contributed by atoms with Crippen molar-refractivity contribution in [1.82, 2.24) is 4.98 Å². The number of nitrogens with zero attached hydrogens (tertiary/aromatic N) is 1. The molecule has 0 amide bonds. The van der Waals surface area contributed by atoms with Crippen LogP contribution in [0.3, 0.4) is 0 Å². The third-order valence-corrected chi connectivity index (χ3v) is 1.43. The van der Waals surface area contributed by atoms with E-state index in [1.165, 1.54) is 6.20 Å². The highest BCUT2D eigenvalue weighted by Gasteiger charge is 2.15. The van der Waals surface area contributed by atoms with E-state index in [0.29, 0.717) is 5.46 Å². The zero-order valence-corrected chi connectivity index (χ0v) is 6.75. The van der Waals surface area contributed by atoms with Crippen molar-refractivity contribution in [2.45, 2.75) is 6.92 Å². The van der Waals surface area contributed by atoms with Gasteiger partial charge in [-0.05, 0) is 12.5 Å². The van der Waals surface area contributed by atoms with Crippen LogP contribution in [0, 0.1) is 6.92 Å². The Morgan fingerprint density at radius 1 is 1.64 bits per heavy atom. The lowest BCUT2D eigenvalue weighted by molar-refractivity contribution is 0.457. The van der Waals surface area contributed by atoms with Gasteiger partial charge < -0.3 is 9.23 Å². The molecule has 0 aliphatic rings. The number of pyridine rings is 1. The molecule has 58 valence electrons. The Kier molecular flexibility index (Phi) is 2.88. The van der Waals surface area contributed by atoms with Gasteiger partial charge in [0.25, 0.3) is 0 Å². The monoisotopic (exact) mass is 171 g/mol. The van der Waals surface area contributed by atoms with Gasteiger partial charge in [-0.3, -0.25) is 4.98 Å². The van der Waals surface area contributed by atoms with Crippen LogP contribution in [0.2, 0.25) is 0 Å². The summed E-state index contributed by atoms with van der Waals surface area (Å²) in [5, 5.41) is 9.06. The van der Waals surface area contributed by atoms with Crippen molar-refractivity contribution in [1.29, 1.82) is 0 Å². The summed E-state index contributed by atoms with van der Waals surface area (Å²) in [7, 11) is -1.09. The molecule has 1 aromatic rings. The van der Waals surface area contributed by atoms with E-state index in [0.717, 1.165) is 5.56 Å². The molecular weight excluding hydrogens is 164 g/mol. The minimum atomic E-state index is -1.09. The summed E-state index contributed by atoms with van der Waals surface area (Å²) in [5.74, 6) is 0. The Labute approximate surface area is 70.3 Å². The zero-order valence-electron chi connectivity index (χ0n) is 5.99. The summed E-state index contributed by atoms with van der Waals surface area (Å²) in [6.07, 6.45) is 3.19. The first-order valence-corrected chi connectivity index (χ1v) is 3.42. The molecule has 0 saturated carbocycles. The van der Waals surface area contributed by atoms with Crippen LogP contribution in [0.4, 0.5) is 0 Å². The summed E-state index contributed by atoms with van der Waals surface area (Å²) in [5.41, 5.74) is 1.51. The standard InChI is InChI=1S/C6H7BClNO2/c1-5-2-6(4-9-3-5)7(10)11-8/h2-4,10H,1H3. The molecular formula is C6H7BClNO2. The molecule has 0 saturated heterocycles. The second-order valence-electron chi connectivity index (χ2n) is 2.24. The second-order valence-corrected chi connectivity index (χ2v) is 2.42. The Hall–Kier alpha value is -0.575. The van der Waals surface area contributed by atoms with Crippen LogP contribution in [-0.2, 0) is 4.21 Å². The lowest BCUT2D eigenvalue weighted by Crippen LogP contribution is -2.31. The van der Waals surface area contributed by atoms with E-state index in [1.807, 2.05) is 6.92 Å². The predicted molar refractivity (Wildman–Crippen MR) is 43.5 cm³/mol.